The molecule has 0 aromatic rings. The van der Waals surface area contributed by atoms with Crippen molar-refractivity contribution in [1.29, 1.82) is 0 Å². The highest BCUT2D eigenvalue weighted by atomic mass is 16.4. The number of carbonyl (C=O) groups is 2. The SMILES string of the molecule is CC(=O)O.CC(O)C(=O)O.OC[C@@H](O)[C@@H](O)[C@H](O)[C@H](O)CO. The van der Waals surface area contributed by atoms with Crippen LogP contribution >= 0.6 is 0 Å². The molecule has 11 nitrogen and oxygen atoms in total. The Balaban J connectivity index is -0.000000300. The van der Waals surface area contributed by atoms with E-state index in [2.05, 4.69) is 0 Å². The van der Waals surface area contributed by atoms with Crippen molar-refractivity contribution in [3.8, 4) is 0 Å². The minimum Gasteiger partial charge on any atom is -0.481 e. The van der Waals surface area contributed by atoms with Gasteiger partial charge in [-0.25, -0.2) is 4.79 Å². The molecule has 0 bridgehead atoms. The summed E-state index contributed by atoms with van der Waals surface area (Å²) >= 11 is 0. The van der Waals surface area contributed by atoms with Crippen LogP contribution in [-0.4, -0.2) is 102 Å². The second-order valence-electron chi connectivity index (χ2n) is 4.01. The van der Waals surface area contributed by atoms with Crippen LogP contribution in [0.3, 0.4) is 0 Å². The summed E-state index contributed by atoms with van der Waals surface area (Å²) in [5.74, 6) is -2.02. The molecule has 5 atom stereocenters. The second-order valence-corrected chi connectivity index (χ2v) is 4.01. The van der Waals surface area contributed by atoms with Crippen LogP contribution < -0.4 is 0 Å². The lowest BCUT2D eigenvalue weighted by Gasteiger charge is -2.24. The van der Waals surface area contributed by atoms with Crippen LogP contribution in [0, 0.1) is 0 Å². The number of hydrogen-bond donors (Lipinski definition) is 9. The van der Waals surface area contributed by atoms with Crippen molar-refractivity contribution < 1.29 is 55.5 Å². The first-order chi connectivity index (χ1) is 9.91. The summed E-state index contributed by atoms with van der Waals surface area (Å²) in [4.78, 5) is 18.4. The first-order valence-electron chi connectivity index (χ1n) is 5.96. The van der Waals surface area contributed by atoms with Gasteiger partial charge in [-0.15, -0.1) is 0 Å². The van der Waals surface area contributed by atoms with Crippen molar-refractivity contribution in [2.75, 3.05) is 13.2 Å². The van der Waals surface area contributed by atoms with E-state index in [-0.39, 0.29) is 0 Å². The highest BCUT2D eigenvalue weighted by Crippen LogP contribution is 2.03. The normalized spacial score (nSPS) is 16.6. The van der Waals surface area contributed by atoms with Gasteiger partial charge in [-0.3, -0.25) is 4.79 Å². The summed E-state index contributed by atoms with van der Waals surface area (Å²) in [5.41, 5.74) is 0. The molecule has 0 aromatic heterocycles. The zero-order valence-corrected chi connectivity index (χ0v) is 12.1. The molecule has 22 heavy (non-hydrogen) atoms. The Kier molecular flexibility index (Phi) is 17.0. The van der Waals surface area contributed by atoms with Gasteiger partial charge in [-0.2, -0.15) is 0 Å². The van der Waals surface area contributed by atoms with Gasteiger partial charge in [0, 0.05) is 6.92 Å². The molecule has 0 aromatic carbocycles. The van der Waals surface area contributed by atoms with Crippen LogP contribution in [0.25, 0.3) is 0 Å². The molecular weight excluding hydrogens is 308 g/mol. The Morgan fingerprint density at radius 2 is 1.00 bits per heavy atom. The summed E-state index contributed by atoms with van der Waals surface area (Å²) in [5, 5.41) is 75.4. The molecule has 0 saturated heterocycles. The molecule has 0 fully saturated rings. The summed E-state index contributed by atoms with van der Waals surface area (Å²) in [6, 6.07) is 0. The third-order valence-corrected chi connectivity index (χ3v) is 1.87. The molecule has 0 saturated carbocycles. The van der Waals surface area contributed by atoms with Gasteiger partial charge >= 0.3 is 5.97 Å². The Morgan fingerprint density at radius 1 is 0.818 bits per heavy atom. The van der Waals surface area contributed by atoms with Crippen LogP contribution in [0.1, 0.15) is 13.8 Å². The van der Waals surface area contributed by atoms with Gasteiger partial charge in [0.2, 0.25) is 0 Å². The van der Waals surface area contributed by atoms with Crippen molar-refractivity contribution in [2.45, 2.75) is 44.4 Å². The number of rotatable bonds is 6. The van der Waals surface area contributed by atoms with Crippen LogP contribution in [-0.2, 0) is 9.59 Å². The molecule has 0 amide bonds. The van der Waals surface area contributed by atoms with E-state index in [1.165, 1.54) is 6.92 Å². The summed E-state index contributed by atoms with van der Waals surface area (Å²) in [7, 11) is 0. The largest absolute Gasteiger partial charge is 0.481 e. The average Bonchev–Trinajstić information content (AvgIpc) is 2.43. The van der Waals surface area contributed by atoms with Gasteiger partial charge in [0.05, 0.1) is 13.2 Å². The molecule has 134 valence electrons. The molecule has 9 N–H and O–H groups in total. The quantitative estimate of drug-likeness (QED) is 0.228. The fraction of sp³-hybridized carbons (Fsp3) is 0.818. The van der Waals surface area contributed by atoms with E-state index in [1.807, 2.05) is 0 Å². The number of aliphatic carboxylic acids is 2. The molecule has 11 heteroatoms. The van der Waals surface area contributed by atoms with E-state index in [9.17, 15) is 4.79 Å². The minimum atomic E-state index is -1.67. The Bertz CT molecular complexity index is 276. The third kappa shape index (κ3) is 16.7. The first kappa shape index (κ1) is 25.6. The number of carboxylic acids is 2. The van der Waals surface area contributed by atoms with Gasteiger partial charge in [0.15, 0.2) is 0 Å². The molecule has 0 spiro atoms. The lowest BCUT2D eigenvalue weighted by molar-refractivity contribution is -0.145. The van der Waals surface area contributed by atoms with E-state index in [4.69, 9.17) is 50.8 Å². The van der Waals surface area contributed by atoms with Crippen LogP contribution in [0.5, 0.6) is 0 Å². The first-order valence-corrected chi connectivity index (χ1v) is 5.96. The Hall–Kier alpha value is -1.34. The fourth-order valence-electron chi connectivity index (χ4n) is 0.671. The Morgan fingerprint density at radius 3 is 1.09 bits per heavy atom. The lowest BCUT2D eigenvalue weighted by Crippen LogP contribution is -2.46. The maximum absolute atomic E-state index is 9.45. The number of aliphatic hydroxyl groups is 7. The van der Waals surface area contributed by atoms with Gasteiger partial charge in [-0.1, -0.05) is 0 Å². The molecule has 0 heterocycles. The van der Waals surface area contributed by atoms with Gasteiger partial charge < -0.3 is 46.0 Å². The van der Waals surface area contributed by atoms with Gasteiger partial charge in [-0.05, 0) is 6.92 Å². The molecule has 0 aliphatic rings. The second kappa shape index (κ2) is 14.6. The molecule has 0 aliphatic carbocycles. The summed E-state index contributed by atoms with van der Waals surface area (Å²) < 4.78 is 0. The molecule has 1 unspecified atom stereocenters. The Labute approximate surface area is 126 Å². The van der Waals surface area contributed by atoms with Crippen LogP contribution in [0.2, 0.25) is 0 Å². The number of carboxylic acid groups (broad SMARTS) is 2. The highest BCUT2D eigenvalue weighted by Gasteiger charge is 2.29. The summed E-state index contributed by atoms with van der Waals surface area (Å²) in [6.45, 7) is 0.828. The number of aliphatic hydroxyl groups excluding tert-OH is 7. The van der Waals surface area contributed by atoms with Crippen molar-refractivity contribution >= 4 is 11.9 Å². The number of hydrogen-bond acceptors (Lipinski definition) is 9. The minimum absolute atomic E-state index is 0.726. The zero-order chi connectivity index (χ0) is 18.5. The molecule has 0 aliphatic heterocycles. The van der Waals surface area contributed by atoms with E-state index in [0.717, 1.165) is 6.92 Å². The van der Waals surface area contributed by atoms with Crippen LogP contribution in [0.4, 0.5) is 0 Å². The van der Waals surface area contributed by atoms with Gasteiger partial charge in [0.25, 0.3) is 5.97 Å². The van der Waals surface area contributed by atoms with E-state index >= 15 is 0 Å². The average molecular weight is 332 g/mol. The van der Waals surface area contributed by atoms with E-state index < -0.39 is 55.7 Å². The zero-order valence-electron chi connectivity index (χ0n) is 12.1. The van der Waals surface area contributed by atoms with E-state index in [0.29, 0.717) is 0 Å². The standard InChI is InChI=1S/C6H14O6.C3H6O3.C2H4O2/c7-1-3(9)5(11)6(12)4(10)2-8;1-2(4)3(5)6;1-2(3)4/h3-12H,1-2H2;2,4H,1H3,(H,5,6);1H3,(H,3,4)/t3-,4-,5-,6-;;/m1../s1. The summed E-state index contributed by atoms with van der Waals surface area (Å²) in [6.07, 6.45) is -7.62. The van der Waals surface area contributed by atoms with Crippen molar-refractivity contribution in [2.24, 2.45) is 0 Å². The van der Waals surface area contributed by atoms with Gasteiger partial charge in [0.1, 0.15) is 30.5 Å². The molecule has 0 radical (unpaired) electrons. The third-order valence-electron chi connectivity index (χ3n) is 1.87. The topological polar surface area (TPSA) is 216 Å². The fourth-order valence-corrected chi connectivity index (χ4v) is 0.671. The lowest BCUT2D eigenvalue weighted by atomic mass is 10.0. The predicted molar refractivity (Wildman–Crippen MR) is 70.8 cm³/mol. The van der Waals surface area contributed by atoms with Crippen molar-refractivity contribution in [1.82, 2.24) is 0 Å². The van der Waals surface area contributed by atoms with E-state index in [1.54, 1.807) is 0 Å². The van der Waals surface area contributed by atoms with Crippen molar-refractivity contribution in [3.63, 3.8) is 0 Å². The van der Waals surface area contributed by atoms with Crippen molar-refractivity contribution in [3.05, 3.63) is 0 Å². The molecular formula is C11H24O11. The maximum atomic E-state index is 9.45. The van der Waals surface area contributed by atoms with Crippen LogP contribution in [0.15, 0.2) is 0 Å². The molecule has 0 rings (SSSR count). The maximum Gasteiger partial charge on any atom is 0.332 e. The monoisotopic (exact) mass is 332 g/mol. The smallest absolute Gasteiger partial charge is 0.332 e. The predicted octanol–water partition coefficient (Wildman–Crippen LogP) is -4.04. The highest BCUT2D eigenvalue weighted by molar-refractivity contribution is 5.71.